The first kappa shape index (κ1) is 13.8. The van der Waals surface area contributed by atoms with Crippen LogP contribution in [0.3, 0.4) is 0 Å². The highest BCUT2D eigenvalue weighted by atomic mass is 32.2. The molecule has 0 radical (unpaired) electrons. The van der Waals surface area contributed by atoms with Gasteiger partial charge in [0.2, 0.25) is 5.16 Å². The van der Waals surface area contributed by atoms with E-state index in [0.29, 0.717) is 16.8 Å². The molecule has 92 valence electrons. The van der Waals surface area contributed by atoms with Crippen molar-refractivity contribution in [1.29, 1.82) is 0 Å². The van der Waals surface area contributed by atoms with Gasteiger partial charge in [-0.2, -0.15) is 9.36 Å². The zero-order valence-corrected chi connectivity index (χ0v) is 11.5. The van der Waals surface area contributed by atoms with Crippen molar-refractivity contribution < 1.29 is 9.53 Å². The number of carbonyl (C=O) groups is 1. The molecule has 0 spiro atoms. The number of hydrogen-bond acceptors (Lipinski definition) is 6. The summed E-state index contributed by atoms with van der Waals surface area (Å²) in [5.74, 6) is 2.50. The van der Waals surface area contributed by atoms with E-state index in [0.717, 1.165) is 23.3 Å². The maximum atomic E-state index is 11.4. The topological polar surface area (TPSA) is 55.3 Å². The van der Waals surface area contributed by atoms with Crippen molar-refractivity contribution in [3.05, 3.63) is 0 Å². The van der Waals surface area contributed by atoms with E-state index in [9.17, 15) is 4.79 Å². The van der Waals surface area contributed by atoms with Gasteiger partial charge in [0.1, 0.15) is 0 Å². The molecule has 17 heavy (non-hydrogen) atoms. The first-order chi connectivity index (χ1) is 8.06. The Labute approximate surface area is 109 Å². The molecule has 0 aliphatic rings. The van der Waals surface area contributed by atoms with Gasteiger partial charge in [-0.3, -0.25) is 4.79 Å². The van der Waals surface area contributed by atoms with Gasteiger partial charge in [0, 0.05) is 37.4 Å². The molecule has 0 aliphatic carbocycles. The van der Waals surface area contributed by atoms with Crippen LogP contribution in [-0.2, 0) is 0 Å². The number of ether oxygens (including phenoxy) is 1. The summed E-state index contributed by atoms with van der Waals surface area (Å²) in [6, 6.07) is 0. The summed E-state index contributed by atoms with van der Waals surface area (Å²) >= 11 is 2.05. The number of thioether (sulfide) groups is 1. The van der Waals surface area contributed by atoms with Crippen LogP contribution in [0.1, 0.15) is 13.3 Å². The fourth-order valence-corrected chi connectivity index (χ4v) is 2.08. The molecule has 0 bridgehead atoms. The smallest absolute Gasteiger partial charge is 0.295 e. The predicted molar refractivity (Wildman–Crippen MR) is 68.4 cm³/mol. The number of nitrogens with zero attached hydrogens (tertiary/aromatic N) is 3. The second kappa shape index (κ2) is 6.47. The van der Waals surface area contributed by atoms with Gasteiger partial charge in [0.05, 0.1) is 0 Å². The summed E-state index contributed by atoms with van der Waals surface area (Å²) in [5, 5.41) is 0.651. The highest BCUT2D eigenvalue weighted by Crippen LogP contribution is 2.24. The maximum absolute atomic E-state index is 11.4. The highest BCUT2D eigenvalue weighted by molar-refractivity contribution is 8.13. The summed E-state index contributed by atoms with van der Waals surface area (Å²) < 4.78 is 9.42. The third-order valence-corrected chi connectivity index (χ3v) is 3.36. The van der Waals surface area contributed by atoms with E-state index in [1.807, 2.05) is 6.92 Å². The molecule has 1 atom stereocenters. The fourth-order valence-electron chi connectivity index (χ4n) is 0.813. The highest BCUT2D eigenvalue weighted by Gasteiger charge is 2.14. The zero-order valence-electron chi connectivity index (χ0n) is 9.84. The Morgan fingerprint density at radius 3 is 2.94 bits per heavy atom. The minimum absolute atomic E-state index is 0.127. The van der Waals surface area contributed by atoms with E-state index < -0.39 is 0 Å². The molecular formula is C10H13N3O2S2. The quantitative estimate of drug-likeness (QED) is 0.620. The van der Waals surface area contributed by atoms with Gasteiger partial charge >= 0.3 is 0 Å². The molecule has 5 nitrogen and oxygen atoms in total. The van der Waals surface area contributed by atoms with Gasteiger partial charge in [-0.1, -0.05) is 12.8 Å². The van der Waals surface area contributed by atoms with Crippen molar-refractivity contribution in [1.82, 2.24) is 14.3 Å². The van der Waals surface area contributed by atoms with Crippen LogP contribution < -0.4 is 4.74 Å². The third kappa shape index (κ3) is 4.24. The van der Waals surface area contributed by atoms with Crippen LogP contribution >= 0.6 is 23.3 Å². The lowest BCUT2D eigenvalue weighted by Crippen LogP contribution is -2.16. The predicted octanol–water partition coefficient (Wildman–Crippen LogP) is 2.10. The molecular weight excluding hydrogens is 258 g/mol. The first-order valence-electron chi connectivity index (χ1n) is 4.92. The van der Waals surface area contributed by atoms with E-state index in [1.54, 1.807) is 14.1 Å². The molecule has 1 rings (SSSR count). The minimum Gasteiger partial charge on any atom is -0.452 e. The van der Waals surface area contributed by atoms with Crippen LogP contribution in [0.15, 0.2) is 5.16 Å². The Kier molecular flexibility index (Phi) is 5.25. The van der Waals surface area contributed by atoms with E-state index in [4.69, 9.17) is 11.2 Å². The lowest BCUT2D eigenvalue weighted by molar-refractivity contribution is 0.241. The Bertz CT molecular complexity index is 425. The molecule has 0 saturated carbocycles. The summed E-state index contributed by atoms with van der Waals surface area (Å²) in [6.07, 6.45) is 5.68. The Morgan fingerprint density at radius 1 is 1.71 bits per heavy atom. The first-order valence-corrected chi connectivity index (χ1v) is 6.51. The third-order valence-electron chi connectivity index (χ3n) is 1.73. The lowest BCUT2D eigenvalue weighted by Gasteiger charge is -2.07. The average molecular weight is 271 g/mol. The number of aromatic nitrogens is 2. The standard InChI is InChI=1S/C10H13N3O2S2/c1-5-7(6-2)15-9-11-8(12-17-9)16-10(14)13(3)4/h1,7H,6H2,2-4H3. The van der Waals surface area contributed by atoms with Gasteiger partial charge in [0.25, 0.3) is 10.4 Å². The average Bonchev–Trinajstić information content (AvgIpc) is 2.73. The van der Waals surface area contributed by atoms with E-state index in [-0.39, 0.29) is 11.3 Å². The van der Waals surface area contributed by atoms with Gasteiger partial charge in [-0.25, -0.2) is 0 Å². The molecule has 0 saturated heterocycles. The van der Waals surface area contributed by atoms with Crippen molar-refractivity contribution in [3.63, 3.8) is 0 Å². The van der Waals surface area contributed by atoms with Crippen molar-refractivity contribution in [3.8, 4) is 17.5 Å². The van der Waals surface area contributed by atoms with Gasteiger partial charge in [-0.05, 0) is 6.42 Å². The second-order valence-electron chi connectivity index (χ2n) is 3.29. The summed E-state index contributed by atoms with van der Waals surface area (Å²) in [7, 11) is 3.34. The fraction of sp³-hybridized carbons (Fsp3) is 0.500. The molecule has 1 unspecified atom stereocenters. The van der Waals surface area contributed by atoms with Crippen LogP contribution in [-0.4, -0.2) is 39.7 Å². The molecule has 0 fully saturated rings. The molecule has 1 amide bonds. The van der Waals surface area contributed by atoms with Gasteiger partial charge in [0.15, 0.2) is 6.10 Å². The molecule has 1 aromatic heterocycles. The largest absolute Gasteiger partial charge is 0.452 e. The summed E-state index contributed by atoms with van der Waals surface area (Å²) in [4.78, 5) is 16.9. The van der Waals surface area contributed by atoms with Crippen molar-refractivity contribution in [2.75, 3.05) is 14.1 Å². The van der Waals surface area contributed by atoms with Crippen LogP contribution in [0, 0.1) is 12.3 Å². The number of hydrogen-bond donors (Lipinski definition) is 0. The number of rotatable bonds is 4. The summed E-state index contributed by atoms with van der Waals surface area (Å²) in [5.41, 5.74) is 0. The van der Waals surface area contributed by atoms with Crippen LogP contribution in [0.5, 0.6) is 5.19 Å². The Hall–Kier alpha value is -1.26. The molecule has 0 N–H and O–H groups in total. The summed E-state index contributed by atoms with van der Waals surface area (Å²) in [6.45, 7) is 1.93. The van der Waals surface area contributed by atoms with E-state index >= 15 is 0 Å². The van der Waals surface area contributed by atoms with E-state index in [2.05, 4.69) is 15.3 Å². The van der Waals surface area contributed by atoms with Crippen LogP contribution in [0.4, 0.5) is 4.79 Å². The van der Waals surface area contributed by atoms with Gasteiger partial charge < -0.3 is 9.64 Å². The Morgan fingerprint density at radius 2 is 2.41 bits per heavy atom. The van der Waals surface area contributed by atoms with Crippen molar-refractivity contribution in [2.45, 2.75) is 24.6 Å². The second-order valence-corrected chi connectivity index (χ2v) is 4.92. The minimum atomic E-state index is -0.301. The van der Waals surface area contributed by atoms with Crippen LogP contribution in [0.2, 0.25) is 0 Å². The van der Waals surface area contributed by atoms with Gasteiger partial charge in [-0.15, -0.1) is 6.42 Å². The van der Waals surface area contributed by atoms with Crippen LogP contribution in [0.25, 0.3) is 0 Å². The SMILES string of the molecule is C#CC(CC)Oc1nc(SC(=O)N(C)C)ns1. The number of carbonyl (C=O) groups excluding carboxylic acids is 1. The monoisotopic (exact) mass is 271 g/mol. The van der Waals surface area contributed by atoms with Crippen molar-refractivity contribution in [2.24, 2.45) is 0 Å². The number of terminal acetylenes is 1. The molecule has 0 aliphatic heterocycles. The lowest BCUT2D eigenvalue weighted by atomic mass is 10.3. The molecule has 1 heterocycles. The molecule has 0 aromatic carbocycles. The van der Waals surface area contributed by atoms with Crippen molar-refractivity contribution >= 4 is 28.5 Å². The Balaban J connectivity index is 2.60. The number of amides is 1. The van der Waals surface area contributed by atoms with E-state index in [1.165, 1.54) is 4.90 Å². The molecule has 7 heteroatoms. The maximum Gasteiger partial charge on any atom is 0.295 e. The molecule has 1 aromatic rings. The normalized spacial score (nSPS) is 11.6. The zero-order chi connectivity index (χ0) is 12.8.